The van der Waals surface area contributed by atoms with Crippen LogP contribution in [-0.2, 0) is 5.41 Å². The van der Waals surface area contributed by atoms with Gasteiger partial charge in [-0.1, -0.05) is 20.8 Å². The lowest BCUT2D eigenvalue weighted by molar-refractivity contribution is 0.189. The Bertz CT molecular complexity index is 389. The van der Waals surface area contributed by atoms with Gasteiger partial charge in [-0.05, 0) is 12.1 Å². The fraction of sp³-hybridized carbons (Fsp3) is 0.667. The summed E-state index contributed by atoms with van der Waals surface area (Å²) in [7, 11) is 0. The van der Waals surface area contributed by atoms with Gasteiger partial charge < -0.3 is 10.0 Å². The average molecular weight is 263 g/mol. The topological polar surface area (TPSA) is 39.6 Å². The van der Waals surface area contributed by atoms with Gasteiger partial charge in [-0.3, -0.25) is 9.88 Å². The molecule has 0 aliphatic carbocycles. The monoisotopic (exact) mass is 263 g/mol. The highest BCUT2D eigenvalue weighted by molar-refractivity contribution is 5.45. The van der Waals surface area contributed by atoms with Gasteiger partial charge in [0.05, 0.1) is 18.5 Å². The quantitative estimate of drug-likeness (QED) is 0.897. The summed E-state index contributed by atoms with van der Waals surface area (Å²) >= 11 is 0. The van der Waals surface area contributed by atoms with Gasteiger partial charge in [0.25, 0.3) is 0 Å². The van der Waals surface area contributed by atoms with E-state index >= 15 is 0 Å². The van der Waals surface area contributed by atoms with Gasteiger partial charge in [-0.25, -0.2) is 0 Å². The van der Waals surface area contributed by atoms with Crippen molar-refractivity contribution in [3.8, 4) is 0 Å². The van der Waals surface area contributed by atoms with E-state index in [2.05, 4.69) is 47.7 Å². The number of piperazine rings is 1. The number of nitrogens with zero attached hydrogens (tertiary/aromatic N) is 3. The fourth-order valence-electron chi connectivity index (χ4n) is 2.39. The Morgan fingerprint density at radius 3 is 2.32 bits per heavy atom. The summed E-state index contributed by atoms with van der Waals surface area (Å²) < 4.78 is 0. The number of hydrogen-bond acceptors (Lipinski definition) is 4. The molecule has 1 fully saturated rings. The van der Waals surface area contributed by atoms with Crippen LogP contribution in [0.15, 0.2) is 18.3 Å². The molecule has 0 amide bonds. The van der Waals surface area contributed by atoms with Crippen molar-refractivity contribution in [2.24, 2.45) is 0 Å². The van der Waals surface area contributed by atoms with Crippen LogP contribution >= 0.6 is 0 Å². The first-order chi connectivity index (χ1) is 9.00. The van der Waals surface area contributed by atoms with Gasteiger partial charge in [-0.2, -0.15) is 0 Å². The second kappa shape index (κ2) is 5.88. The maximum Gasteiger partial charge on any atom is 0.0558 e. The van der Waals surface area contributed by atoms with Crippen LogP contribution < -0.4 is 4.90 Å². The molecule has 1 N–H and O–H groups in total. The largest absolute Gasteiger partial charge is 0.395 e. The molecule has 4 nitrogen and oxygen atoms in total. The summed E-state index contributed by atoms with van der Waals surface area (Å²) in [5, 5.41) is 8.94. The number of hydrogen-bond donors (Lipinski definition) is 1. The number of β-amino-alcohol motifs (C(OH)–C–C–N with tert-alkyl or cyclic N) is 1. The molecule has 0 spiro atoms. The number of aromatic nitrogens is 1. The smallest absolute Gasteiger partial charge is 0.0558 e. The number of aliphatic hydroxyl groups excluding tert-OH is 1. The zero-order valence-corrected chi connectivity index (χ0v) is 12.3. The van der Waals surface area contributed by atoms with E-state index in [0.717, 1.165) is 38.4 Å². The molecule has 0 atom stereocenters. The molecule has 0 unspecified atom stereocenters. The van der Waals surface area contributed by atoms with E-state index < -0.39 is 0 Å². The van der Waals surface area contributed by atoms with Crippen LogP contribution in [0.3, 0.4) is 0 Å². The summed E-state index contributed by atoms with van der Waals surface area (Å²) in [5.41, 5.74) is 2.45. The molecular formula is C15H25N3O. The Labute approximate surface area is 116 Å². The van der Waals surface area contributed by atoms with Crippen LogP contribution in [0.5, 0.6) is 0 Å². The van der Waals surface area contributed by atoms with Crippen LogP contribution in [0.2, 0.25) is 0 Å². The molecule has 0 saturated carbocycles. The minimum atomic E-state index is 0.109. The number of rotatable bonds is 3. The van der Waals surface area contributed by atoms with Crippen molar-refractivity contribution in [2.45, 2.75) is 26.2 Å². The Kier molecular flexibility index (Phi) is 4.42. The Balaban J connectivity index is 1.97. The van der Waals surface area contributed by atoms with Crippen molar-refractivity contribution in [3.05, 3.63) is 24.0 Å². The number of aliphatic hydroxyl groups is 1. The first-order valence-electron chi connectivity index (χ1n) is 7.05. The van der Waals surface area contributed by atoms with Crippen molar-refractivity contribution >= 4 is 5.69 Å². The third kappa shape index (κ3) is 3.67. The maximum absolute atomic E-state index is 8.94. The summed E-state index contributed by atoms with van der Waals surface area (Å²) in [6, 6.07) is 4.31. The predicted octanol–water partition coefficient (Wildman–Crippen LogP) is 1.49. The van der Waals surface area contributed by atoms with E-state index in [9.17, 15) is 0 Å². The van der Waals surface area contributed by atoms with Crippen LogP contribution in [-0.4, -0.2) is 54.3 Å². The van der Waals surface area contributed by atoms with Crippen LogP contribution in [0.25, 0.3) is 0 Å². The zero-order chi connectivity index (χ0) is 13.9. The molecule has 0 aromatic carbocycles. The van der Waals surface area contributed by atoms with Crippen molar-refractivity contribution in [1.29, 1.82) is 0 Å². The molecule has 1 aromatic heterocycles. The van der Waals surface area contributed by atoms with Gasteiger partial charge in [0.2, 0.25) is 0 Å². The van der Waals surface area contributed by atoms with Gasteiger partial charge in [0.15, 0.2) is 0 Å². The summed E-state index contributed by atoms with van der Waals surface area (Å²) in [6.07, 6.45) is 1.99. The maximum atomic E-state index is 8.94. The van der Waals surface area contributed by atoms with E-state index in [-0.39, 0.29) is 12.0 Å². The van der Waals surface area contributed by atoms with Crippen LogP contribution in [0, 0.1) is 0 Å². The SMILES string of the molecule is CC(C)(C)c1ccc(N2CCN(CCO)CC2)cn1. The van der Waals surface area contributed by atoms with Crippen molar-refractivity contribution in [3.63, 3.8) is 0 Å². The van der Waals surface area contributed by atoms with E-state index in [1.807, 2.05) is 6.20 Å². The molecule has 1 aliphatic rings. The lowest BCUT2D eigenvalue weighted by Gasteiger charge is -2.35. The fourth-order valence-corrected chi connectivity index (χ4v) is 2.39. The van der Waals surface area contributed by atoms with Gasteiger partial charge >= 0.3 is 0 Å². The van der Waals surface area contributed by atoms with Crippen LogP contribution in [0.1, 0.15) is 26.5 Å². The minimum Gasteiger partial charge on any atom is -0.395 e. The molecule has 1 aliphatic heterocycles. The highest BCUT2D eigenvalue weighted by Crippen LogP contribution is 2.22. The van der Waals surface area contributed by atoms with Crippen molar-refractivity contribution < 1.29 is 5.11 Å². The molecule has 4 heteroatoms. The molecule has 1 saturated heterocycles. The second-order valence-electron chi connectivity index (χ2n) is 6.20. The molecule has 0 radical (unpaired) electrons. The van der Waals surface area contributed by atoms with E-state index in [1.165, 1.54) is 5.69 Å². The summed E-state index contributed by atoms with van der Waals surface area (Å²) in [5.74, 6) is 0. The minimum absolute atomic E-state index is 0.109. The lowest BCUT2D eigenvalue weighted by atomic mass is 9.92. The molecular weight excluding hydrogens is 238 g/mol. The van der Waals surface area contributed by atoms with Gasteiger partial charge in [-0.15, -0.1) is 0 Å². The highest BCUT2D eigenvalue weighted by Gasteiger charge is 2.18. The first kappa shape index (κ1) is 14.3. The standard InChI is InChI=1S/C15H25N3O/c1-15(2,3)14-5-4-13(12-16-14)18-8-6-17(7-9-18)10-11-19/h4-5,12,19H,6-11H2,1-3H3. The van der Waals surface area contributed by atoms with E-state index in [1.54, 1.807) is 0 Å². The summed E-state index contributed by atoms with van der Waals surface area (Å²) in [6.45, 7) is 11.6. The third-order valence-corrected chi connectivity index (χ3v) is 3.67. The normalized spacial score (nSPS) is 17.8. The summed E-state index contributed by atoms with van der Waals surface area (Å²) in [4.78, 5) is 9.25. The average Bonchev–Trinajstić information content (AvgIpc) is 2.39. The Morgan fingerprint density at radius 2 is 1.84 bits per heavy atom. The van der Waals surface area contributed by atoms with Gasteiger partial charge in [0, 0.05) is 43.8 Å². The van der Waals surface area contributed by atoms with E-state index in [4.69, 9.17) is 5.11 Å². The molecule has 106 valence electrons. The Morgan fingerprint density at radius 1 is 1.16 bits per heavy atom. The third-order valence-electron chi connectivity index (χ3n) is 3.67. The first-order valence-corrected chi connectivity index (χ1v) is 7.05. The molecule has 19 heavy (non-hydrogen) atoms. The predicted molar refractivity (Wildman–Crippen MR) is 78.7 cm³/mol. The van der Waals surface area contributed by atoms with Gasteiger partial charge in [0.1, 0.15) is 0 Å². The van der Waals surface area contributed by atoms with Crippen molar-refractivity contribution in [2.75, 3.05) is 44.2 Å². The lowest BCUT2D eigenvalue weighted by Crippen LogP contribution is -2.47. The zero-order valence-electron chi connectivity index (χ0n) is 12.3. The highest BCUT2D eigenvalue weighted by atomic mass is 16.3. The number of anilines is 1. The van der Waals surface area contributed by atoms with Crippen LogP contribution in [0.4, 0.5) is 5.69 Å². The molecule has 0 bridgehead atoms. The number of pyridine rings is 1. The molecule has 2 rings (SSSR count). The Hall–Kier alpha value is -1.13. The molecule has 1 aromatic rings. The van der Waals surface area contributed by atoms with Crippen molar-refractivity contribution in [1.82, 2.24) is 9.88 Å². The molecule has 2 heterocycles. The van der Waals surface area contributed by atoms with E-state index in [0.29, 0.717) is 0 Å². The second-order valence-corrected chi connectivity index (χ2v) is 6.20.